The molecule has 1 saturated heterocycles. The first-order valence-corrected chi connectivity index (χ1v) is 6.89. The number of amides is 1. The minimum absolute atomic E-state index is 0.0584. The molecule has 0 unspecified atom stereocenters. The fraction of sp³-hybridized carbons (Fsp3) is 0.769. The molecule has 2 aliphatic rings. The molecular weight excluding hydrogens is 244 g/mol. The summed E-state index contributed by atoms with van der Waals surface area (Å²) < 4.78 is 0. The van der Waals surface area contributed by atoms with Crippen LogP contribution in [0.5, 0.6) is 0 Å². The summed E-state index contributed by atoms with van der Waals surface area (Å²) >= 11 is 0. The molecule has 0 aromatic rings. The number of carbonyl (C=O) groups excluding carboxylic acids is 1. The van der Waals surface area contributed by atoms with Crippen molar-refractivity contribution in [3.63, 3.8) is 0 Å². The maximum Gasteiger partial charge on any atom is 0.246 e. The molecule has 1 amide bonds. The SMILES string of the molecule is C[C@@H]1C[C@@H](O)CN1C(=O)[C@H](C)N(N)/C=C(\N)C1CC1. The Labute approximate surface area is 114 Å². The van der Waals surface area contributed by atoms with E-state index in [0.29, 0.717) is 18.9 Å². The van der Waals surface area contributed by atoms with E-state index >= 15 is 0 Å². The van der Waals surface area contributed by atoms with Crippen molar-refractivity contribution < 1.29 is 9.90 Å². The van der Waals surface area contributed by atoms with Gasteiger partial charge in [0.25, 0.3) is 0 Å². The minimum atomic E-state index is -0.468. The summed E-state index contributed by atoms with van der Waals surface area (Å²) in [5, 5.41) is 11.0. The molecule has 3 atom stereocenters. The predicted molar refractivity (Wildman–Crippen MR) is 72.3 cm³/mol. The van der Waals surface area contributed by atoms with E-state index in [2.05, 4.69) is 0 Å². The highest BCUT2D eigenvalue weighted by molar-refractivity contribution is 5.82. The summed E-state index contributed by atoms with van der Waals surface area (Å²) in [6.45, 7) is 4.09. The number of nitrogens with two attached hydrogens (primary N) is 2. The lowest BCUT2D eigenvalue weighted by Crippen LogP contribution is -2.49. The van der Waals surface area contributed by atoms with Crippen molar-refractivity contribution in [2.24, 2.45) is 17.5 Å². The number of aliphatic hydroxyl groups is 1. The standard InChI is InChI=1S/C13H24N4O2/c1-8-5-11(18)6-16(8)13(19)9(2)17(15)7-12(14)10-3-4-10/h7-11,18H,3-6,14-15H2,1-2H3/b12-7-/t8-,9+,11-/m1/s1. The average molecular weight is 268 g/mol. The predicted octanol–water partition coefficient (Wildman–Crippen LogP) is -0.258. The Balaban J connectivity index is 1.96. The van der Waals surface area contributed by atoms with E-state index in [1.165, 1.54) is 5.01 Å². The molecule has 0 bridgehead atoms. The van der Waals surface area contributed by atoms with Crippen LogP contribution in [0.15, 0.2) is 11.9 Å². The monoisotopic (exact) mass is 268 g/mol. The molecule has 0 radical (unpaired) electrons. The van der Waals surface area contributed by atoms with Crippen molar-refractivity contribution in [1.29, 1.82) is 0 Å². The van der Waals surface area contributed by atoms with E-state index in [9.17, 15) is 9.90 Å². The van der Waals surface area contributed by atoms with Gasteiger partial charge in [-0.3, -0.25) is 4.79 Å². The van der Waals surface area contributed by atoms with Gasteiger partial charge >= 0.3 is 0 Å². The largest absolute Gasteiger partial charge is 0.401 e. The Morgan fingerprint density at radius 3 is 2.63 bits per heavy atom. The number of likely N-dealkylation sites (tertiary alicyclic amines) is 1. The van der Waals surface area contributed by atoms with Gasteiger partial charge in [-0.1, -0.05) is 0 Å². The molecule has 1 saturated carbocycles. The lowest BCUT2D eigenvalue weighted by atomic mass is 10.2. The third-order valence-corrected chi connectivity index (χ3v) is 3.99. The number of rotatable bonds is 4. The molecule has 6 nitrogen and oxygen atoms in total. The molecule has 0 aromatic heterocycles. The highest BCUT2D eigenvalue weighted by atomic mass is 16.3. The smallest absolute Gasteiger partial charge is 0.246 e. The molecule has 1 aliphatic carbocycles. The van der Waals surface area contributed by atoms with Gasteiger partial charge in [0, 0.05) is 30.4 Å². The van der Waals surface area contributed by atoms with Crippen molar-refractivity contribution >= 4 is 5.91 Å². The molecule has 0 spiro atoms. The molecule has 2 rings (SSSR count). The van der Waals surface area contributed by atoms with E-state index in [0.717, 1.165) is 18.5 Å². The van der Waals surface area contributed by atoms with Gasteiger partial charge in [0.05, 0.1) is 6.10 Å². The fourth-order valence-electron chi connectivity index (χ4n) is 2.48. The van der Waals surface area contributed by atoms with Crippen molar-refractivity contribution in [2.45, 2.75) is 51.3 Å². The van der Waals surface area contributed by atoms with Gasteiger partial charge in [0.1, 0.15) is 6.04 Å². The van der Waals surface area contributed by atoms with Crippen LogP contribution in [0.25, 0.3) is 0 Å². The molecule has 6 heteroatoms. The van der Waals surface area contributed by atoms with Gasteiger partial charge in [-0.2, -0.15) is 0 Å². The summed E-state index contributed by atoms with van der Waals surface area (Å²) in [5.74, 6) is 6.27. The maximum atomic E-state index is 12.3. The Hall–Kier alpha value is -1.27. The first-order valence-electron chi connectivity index (χ1n) is 6.89. The van der Waals surface area contributed by atoms with Crippen LogP contribution in [0, 0.1) is 5.92 Å². The van der Waals surface area contributed by atoms with Gasteiger partial charge in [0.2, 0.25) is 5.91 Å². The number of β-amino-alcohol motifs (C(OH)–C–C–N with tert-alkyl or cyclic N) is 1. The normalized spacial score (nSPS) is 29.5. The van der Waals surface area contributed by atoms with E-state index in [4.69, 9.17) is 11.6 Å². The number of hydrogen-bond acceptors (Lipinski definition) is 5. The summed E-state index contributed by atoms with van der Waals surface area (Å²) in [5.41, 5.74) is 6.64. The number of hydrogen-bond donors (Lipinski definition) is 3. The Morgan fingerprint density at radius 1 is 1.53 bits per heavy atom. The first-order chi connectivity index (χ1) is 8.90. The van der Waals surface area contributed by atoms with Gasteiger partial charge in [-0.25, -0.2) is 5.84 Å². The molecule has 108 valence electrons. The number of nitrogens with zero attached hydrogens (tertiary/aromatic N) is 2. The molecule has 1 heterocycles. The second kappa shape index (κ2) is 5.38. The first kappa shape index (κ1) is 14.1. The van der Waals surface area contributed by atoms with E-state index in [1.807, 2.05) is 6.92 Å². The highest BCUT2D eigenvalue weighted by Crippen LogP contribution is 2.33. The molecule has 19 heavy (non-hydrogen) atoms. The van der Waals surface area contributed by atoms with Crippen LogP contribution in [0.1, 0.15) is 33.1 Å². The van der Waals surface area contributed by atoms with Crippen molar-refractivity contribution in [3.05, 3.63) is 11.9 Å². The van der Waals surface area contributed by atoms with E-state index in [1.54, 1.807) is 18.0 Å². The molecular formula is C13H24N4O2. The van der Waals surface area contributed by atoms with Crippen LogP contribution in [0.2, 0.25) is 0 Å². The Bertz CT molecular complexity index is 381. The van der Waals surface area contributed by atoms with Crippen LogP contribution in [-0.2, 0) is 4.79 Å². The zero-order valence-electron chi connectivity index (χ0n) is 11.6. The number of carbonyl (C=O) groups is 1. The van der Waals surface area contributed by atoms with Crippen molar-refractivity contribution in [3.8, 4) is 0 Å². The topological polar surface area (TPSA) is 95.8 Å². The van der Waals surface area contributed by atoms with Crippen LogP contribution < -0.4 is 11.6 Å². The lowest BCUT2D eigenvalue weighted by molar-refractivity contribution is -0.136. The third kappa shape index (κ3) is 3.19. The fourth-order valence-corrected chi connectivity index (χ4v) is 2.48. The maximum absolute atomic E-state index is 12.3. The van der Waals surface area contributed by atoms with Crippen LogP contribution in [0.4, 0.5) is 0 Å². The summed E-state index contributed by atoms with van der Waals surface area (Å²) in [6, 6.07) is -0.409. The van der Waals surface area contributed by atoms with Crippen molar-refractivity contribution in [2.75, 3.05) is 6.54 Å². The highest BCUT2D eigenvalue weighted by Gasteiger charge is 2.34. The molecule has 1 aliphatic heterocycles. The molecule has 0 aromatic carbocycles. The number of allylic oxidation sites excluding steroid dienone is 1. The zero-order chi connectivity index (χ0) is 14.2. The summed E-state index contributed by atoms with van der Waals surface area (Å²) in [7, 11) is 0. The van der Waals surface area contributed by atoms with Gasteiger partial charge < -0.3 is 20.7 Å². The van der Waals surface area contributed by atoms with Crippen molar-refractivity contribution in [1.82, 2.24) is 9.91 Å². The Kier molecular flexibility index (Phi) is 4.01. The average Bonchev–Trinajstić information content (AvgIpc) is 3.13. The Morgan fingerprint density at radius 2 is 2.16 bits per heavy atom. The lowest BCUT2D eigenvalue weighted by Gasteiger charge is -2.29. The minimum Gasteiger partial charge on any atom is -0.401 e. The second-order valence-electron chi connectivity index (χ2n) is 5.76. The van der Waals surface area contributed by atoms with Gasteiger partial charge in [-0.05, 0) is 33.1 Å². The van der Waals surface area contributed by atoms with E-state index in [-0.39, 0.29) is 11.9 Å². The molecule has 5 N–H and O–H groups in total. The van der Waals surface area contributed by atoms with Gasteiger partial charge in [-0.15, -0.1) is 0 Å². The summed E-state index contributed by atoms with van der Waals surface area (Å²) in [4.78, 5) is 14.0. The summed E-state index contributed by atoms with van der Waals surface area (Å²) in [6.07, 6.45) is 4.08. The van der Waals surface area contributed by atoms with E-state index < -0.39 is 12.1 Å². The zero-order valence-corrected chi connectivity index (χ0v) is 11.6. The van der Waals surface area contributed by atoms with Crippen LogP contribution >= 0.6 is 0 Å². The quantitative estimate of drug-likeness (QED) is 0.482. The molecule has 2 fully saturated rings. The van der Waals surface area contributed by atoms with Crippen LogP contribution in [0.3, 0.4) is 0 Å². The van der Waals surface area contributed by atoms with Gasteiger partial charge in [0.15, 0.2) is 0 Å². The number of hydrazine groups is 1. The number of aliphatic hydroxyl groups excluding tert-OH is 1. The van der Waals surface area contributed by atoms with Crippen LogP contribution in [-0.4, -0.2) is 45.7 Å². The third-order valence-electron chi connectivity index (χ3n) is 3.99. The second-order valence-corrected chi connectivity index (χ2v) is 5.76.